The highest BCUT2D eigenvalue weighted by Crippen LogP contribution is 2.29. The third kappa shape index (κ3) is 1.80. The number of hydrogen-bond acceptors (Lipinski definition) is 3. The van der Waals surface area contributed by atoms with Gasteiger partial charge in [-0.1, -0.05) is 0 Å². The Morgan fingerprint density at radius 3 is 2.54 bits per heavy atom. The second-order valence-electron chi connectivity index (χ2n) is 3.69. The lowest BCUT2D eigenvalue weighted by Gasteiger charge is -2.20. The van der Waals surface area contributed by atoms with Gasteiger partial charge in [-0.2, -0.15) is 0 Å². The Kier molecular flexibility index (Phi) is 2.56. The maximum absolute atomic E-state index is 11.2. The summed E-state index contributed by atoms with van der Waals surface area (Å²) >= 11 is 0. The maximum atomic E-state index is 11.2. The smallest absolute Gasteiger partial charge is 0.236 e. The van der Waals surface area contributed by atoms with Gasteiger partial charge in [0.2, 0.25) is 11.8 Å². The summed E-state index contributed by atoms with van der Waals surface area (Å²) < 4.78 is 0. The second-order valence-corrected chi connectivity index (χ2v) is 3.69. The lowest BCUT2D eigenvalue weighted by Crippen LogP contribution is -2.40. The molecule has 5 nitrogen and oxygen atoms in total. The van der Waals surface area contributed by atoms with Gasteiger partial charge in [-0.3, -0.25) is 9.59 Å². The molecule has 0 aliphatic carbocycles. The maximum Gasteiger partial charge on any atom is 0.236 e. The van der Waals surface area contributed by atoms with Crippen molar-refractivity contribution in [2.45, 2.75) is 13.3 Å². The van der Waals surface area contributed by atoms with Gasteiger partial charge in [0, 0.05) is 13.1 Å². The predicted molar refractivity (Wildman–Crippen MR) is 47.6 cm³/mol. The van der Waals surface area contributed by atoms with Gasteiger partial charge in [-0.25, -0.2) is 0 Å². The first kappa shape index (κ1) is 9.98. The van der Waals surface area contributed by atoms with Gasteiger partial charge < -0.3 is 16.4 Å². The zero-order valence-corrected chi connectivity index (χ0v) is 7.75. The molecule has 0 aromatic carbocycles. The molecule has 0 saturated carbocycles. The molecular weight excluding hydrogens is 170 g/mol. The van der Waals surface area contributed by atoms with Gasteiger partial charge in [0.1, 0.15) is 0 Å². The van der Waals surface area contributed by atoms with Crippen LogP contribution in [0.5, 0.6) is 0 Å². The largest absolute Gasteiger partial charge is 0.369 e. The molecule has 0 radical (unpaired) electrons. The third-order valence-corrected chi connectivity index (χ3v) is 2.60. The molecule has 0 aromatic heterocycles. The van der Waals surface area contributed by atoms with Crippen LogP contribution in [-0.2, 0) is 9.59 Å². The average molecular weight is 185 g/mol. The number of nitrogens with two attached hydrogens (primary N) is 2. The molecule has 0 aromatic rings. The van der Waals surface area contributed by atoms with Crippen molar-refractivity contribution in [3.8, 4) is 0 Å². The van der Waals surface area contributed by atoms with Crippen LogP contribution >= 0.6 is 0 Å². The van der Waals surface area contributed by atoms with Crippen molar-refractivity contribution in [3.63, 3.8) is 0 Å². The quantitative estimate of drug-likeness (QED) is 0.558. The van der Waals surface area contributed by atoms with E-state index in [0.717, 1.165) is 0 Å². The van der Waals surface area contributed by atoms with E-state index in [-0.39, 0.29) is 18.4 Å². The Bertz CT molecular complexity index is 242. The summed E-state index contributed by atoms with van der Waals surface area (Å²) in [5.41, 5.74) is 9.87. The number of nitrogens with zero attached hydrogens (tertiary/aromatic N) is 1. The zero-order valence-electron chi connectivity index (χ0n) is 7.75. The minimum absolute atomic E-state index is 0.00512. The normalized spacial score (nSPS) is 27.7. The van der Waals surface area contributed by atoms with Gasteiger partial charge in [0.15, 0.2) is 0 Å². The van der Waals surface area contributed by atoms with E-state index in [1.807, 2.05) is 0 Å². The molecule has 1 rings (SSSR count). The number of amides is 2. The molecule has 5 heteroatoms. The fourth-order valence-electron chi connectivity index (χ4n) is 1.50. The molecule has 1 aliphatic rings. The number of rotatable bonds is 2. The number of likely N-dealkylation sites (tertiary alicyclic amines) is 1. The highest BCUT2D eigenvalue weighted by molar-refractivity contribution is 5.84. The van der Waals surface area contributed by atoms with Gasteiger partial charge in [-0.15, -0.1) is 0 Å². The standard InChI is InChI=1S/C8H15N3O2/c1-8(7(10)13)2-3-11(5-8)6(12)4-9/h2-5,9H2,1H3,(H2,10,13). The topological polar surface area (TPSA) is 89.4 Å². The van der Waals surface area contributed by atoms with E-state index < -0.39 is 5.41 Å². The molecule has 1 saturated heterocycles. The first-order chi connectivity index (χ1) is 5.99. The number of carbonyl (C=O) groups is 2. The van der Waals surface area contributed by atoms with Crippen LogP contribution in [0.1, 0.15) is 13.3 Å². The van der Waals surface area contributed by atoms with Crippen molar-refractivity contribution in [1.29, 1.82) is 0 Å². The Labute approximate surface area is 77.1 Å². The van der Waals surface area contributed by atoms with Crippen molar-refractivity contribution in [2.24, 2.45) is 16.9 Å². The monoisotopic (exact) mass is 185 g/mol. The van der Waals surface area contributed by atoms with Gasteiger partial charge in [0.25, 0.3) is 0 Å². The van der Waals surface area contributed by atoms with Crippen LogP contribution in [0.15, 0.2) is 0 Å². The van der Waals surface area contributed by atoms with E-state index in [9.17, 15) is 9.59 Å². The summed E-state index contributed by atoms with van der Waals surface area (Å²) in [7, 11) is 0. The molecule has 0 spiro atoms. The van der Waals surface area contributed by atoms with E-state index in [1.54, 1.807) is 11.8 Å². The summed E-state index contributed by atoms with van der Waals surface area (Å²) in [6, 6.07) is 0. The highest BCUT2D eigenvalue weighted by Gasteiger charge is 2.40. The lowest BCUT2D eigenvalue weighted by molar-refractivity contribution is -0.130. The van der Waals surface area contributed by atoms with E-state index in [1.165, 1.54) is 0 Å². The first-order valence-corrected chi connectivity index (χ1v) is 4.27. The SMILES string of the molecule is CC1(C(N)=O)CCN(C(=O)CN)C1. The molecule has 13 heavy (non-hydrogen) atoms. The molecule has 1 heterocycles. The Balaban J connectivity index is 2.63. The zero-order chi connectivity index (χ0) is 10.1. The van der Waals surface area contributed by atoms with E-state index in [0.29, 0.717) is 19.5 Å². The van der Waals surface area contributed by atoms with E-state index >= 15 is 0 Å². The third-order valence-electron chi connectivity index (χ3n) is 2.60. The molecule has 1 aliphatic heterocycles. The first-order valence-electron chi connectivity index (χ1n) is 4.27. The number of hydrogen-bond donors (Lipinski definition) is 2. The Morgan fingerprint density at radius 1 is 1.54 bits per heavy atom. The second kappa shape index (κ2) is 3.33. The van der Waals surface area contributed by atoms with Crippen LogP contribution in [0.3, 0.4) is 0 Å². The number of carbonyl (C=O) groups excluding carboxylic acids is 2. The van der Waals surface area contributed by atoms with Crippen molar-refractivity contribution < 1.29 is 9.59 Å². The van der Waals surface area contributed by atoms with Crippen LogP contribution < -0.4 is 11.5 Å². The number of primary amides is 1. The van der Waals surface area contributed by atoms with Gasteiger partial charge in [0.05, 0.1) is 12.0 Å². The summed E-state index contributed by atoms with van der Waals surface area (Å²) in [6.07, 6.45) is 0.633. The molecule has 2 amide bonds. The van der Waals surface area contributed by atoms with Crippen molar-refractivity contribution in [3.05, 3.63) is 0 Å². The fraction of sp³-hybridized carbons (Fsp3) is 0.750. The molecule has 1 unspecified atom stereocenters. The molecule has 4 N–H and O–H groups in total. The van der Waals surface area contributed by atoms with Gasteiger partial charge in [-0.05, 0) is 13.3 Å². The van der Waals surface area contributed by atoms with Crippen molar-refractivity contribution >= 4 is 11.8 Å². The average Bonchev–Trinajstić information content (AvgIpc) is 2.48. The lowest BCUT2D eigenvalue weighted by atomic mass is 9.89. The molecule has 74 valence electrons. The molecular formula is C8H15N3O2. The van der Waals surface area contributed by atoms with Crippen molar-refractivity contribution in [2.75, 3.05) is 19.6 Å². The minimum Gasteiger partial charge on any atom is -0.369 e. The Morgan fingerprint density at radius 2 is 2.15 bits per heavy atom. The van der Waals surface area contributed by atoms with Crippen LogP contribution in [0.4, 0.5) is 0 Å². The molecule has 0 bridgehead atoms. The molecule has 1 atom stereocenters. The minimum atomic E-state index is -0.565. The Hall–Kier alpha value is -1.10. The summed E-state index contributed by atoms with van der Waals surface area (Å²) in [4.78, 5) is 23.8. The van der Waals surface area contributed by atoms with E-state index in [4.69, 9.17) is 11.5 Å². The predicted octanol–water partition coefficient (Wildman–Crippen LogP) is -1.33. The van der Waals surface area contributed by atoms with Crippen LogP contribution in [-0.4, -0.2) is 36.3 Å². The van der Waals surface area contributed by atoms with Crippen molar-refractivity contribution in [1.82, 2.24) is 4.90 Å². The van der Waals surface area contributed by atoms with Gasteiger partial charge >= 0.3 is 0 Å². The van der Waals surface area contributed by atoms with E-state index in [2.05, 4.69) is 0 Å². The molecule has 1 fully saturated rings. The fourth-order valence-corrected chi connectivity index (χ4v) is 1.50. The summed E-state index contributed by atoms with van der Waals surface area (Å²) in [6.45, 7) is 2.75. The van der Waals surface area contributed by atoms with Crippen LogP contribution in [0.25, 0.3) is 0 Å². The highest BCUT2D eigenvalue weighted by atomic mass is 16.2. The van der Waals surface area contributed by atoms with Crippen LogP contribution in [0.2, 0.25) is 0 Å². The summed E-state index contributed by atoms with van der Waals surface area (Å²) in [5.74, 6) is -0.468. The summed E-state index contributed by atoms with van der Waals surface area (Å²) in [5, 5.41) is 0. The van der Waals surface area contributed by atoms with Crippen LogP contribution in [0, 0.1) is 5.41 Å².